The van der Waals surface area contributed by atoms with Crippen LogP contribution in [-0.2, 0) is 25.6 Å². The summed E-state index contributed by atoms with van der Waals surface area (Å²) in [7, 11) is -3.49. The molecule has 1 aromatic carbocycles. The van der Waals surface area contributed by atoms with Gasteiger partial charge in [0.05, 0.1) is 12.4 Å². The topological polar surface area (TPSA) is 52.6 Å². The normalized spacial score (nSPS) is 19.8. The fraction of sp³-hybridized carbons (Fsp3) is 0.400. The van der Waals surface area contributed by atoms with Gasteiger partial charge in [-0.3, -0.25) is 0 Å². The molecule has 0 fully saturated rings. The molecule has 0 N–H and O–H groups in total. The largest absolute Gasteiger partial charge is 0.343 e. The molecule has 0 radical (unpaired) electrons. The van der Waals surface area contributed by atoms with Gasteiger partial charge < -0.3 is 4.74 Å². The third-order valence-electron chi connectivity index (χ3n) is 2.34. The quantitative estimate of drug-likeness (QED) is 0.804. The van der Waals surface area contributed by atoms with Gasteiger partial charge >= 0.3 is 0 Å². The van der Waals surface area contributed by atoms with E-state index in [1.807, 2.05) is 18.2 Å². The van der Waals surface area contributed by atoms with Crippen LogP contribution in [0.3, 0.4) is 0 Å². The average Bonchev–Trinajstić information content (AvgIpc) is 2.60. The third kappa shape index (κ3) is 2.45. The first-order valence-electron chi connectivity index (χ1n) is 4.83. The van der Waals surface area contributed by atoms with Crippen molar-refractivity contribution in [1.82, 2.24) is 0 Å². The minimum atomic E-state index is -3.49. The molecule has 1 unspecified atom stereocenters. The number of fused-ring (bicyclic) bond motifs is 1. The summed E-state index contributed by atoms with van der Waals surface area (Å²) < 4.78 is 33.8. The Morgan fingerprint density at radius 2 is 2.31 bits per heavy atom. The second-order valence-corrected chi connectivity index (χ2v) is 6.23. The average molecular weight is 307 g/mol. The van der Waals surface area contributed by atoms with Crippen LogP contribution in [0.5, 0.6) is 0 Å². The lowest BCUT2D eigenvalue weighted by Gasteiger charge is -2.11. The summed E-state index contributed by atoms with van der Waals surface area (Å²) in [4.78, 5) is 0. The number of hydrogen-bond donors (Lipinski definition) is 0. The van der Waals surface area contributed by atoms with E-state index < -0.39 is 16.4 Å². The monoisotopic (exact) mass is 306 g/mol. The molecule has 2 rings (SSSR count). The van der Waals surface area contributed by atoms with Gasteiger partial charge in [-0.1, -0.05) is 22.0 Å². The second-order valence-electron chi connectivity index (χ2n) is 3.43. The highest BCUT2D eigenvalue weighted by molar-refractivity contribution is 9.10. The first kappa shape index (κ1) is 12.0. The standard InChI is InChI=1S/C10H11BrO4S/c1-2-16(12,13)15-10-9-4-3-8(11)5-7(9)6-14-10/h3-5,10H,2,6H2,1H3. The summed E-state index contributed by atoms with van der Waals surface area (Å²) >= 11 is 3.35. The molecule has 0 spiro atoms. The molecule has 0 amide bonds. The van der Waals surface area contributed by atoms with E-state index in [0.717, 1.165) is 15.6 Å². The van der Waals surface area contributed by atoms with E-state index in [-0.39, 0.29) is 5.75 Å². The summed E-state index contributed by atoms with van der Waals surface area (Å²) in [6.45, 7) is 1.91. The highest BCUT2D eigenvalue weighted by atomic mass is 79.9. The van der Waals surface area contributed by atoms with E-state index in [9.17, 15) is 8.42 Å². The van der Waals surface area contributed by atoms with E-state index in [2.05, 4.69) is 15.9 Å². The molecule has 88 valence electrons. The highest BCUT2D eigenvalue weighted by Crippen LogP contribution is 2.34. The molecule has 1 heterocycles. The predicted octanol–water partition coefficient (Wildman–Crippen LogP) is 2.34. The van der Waals surface area contributed by atoms with Crippen LogP contribution in [0.2, 0.25) is 0 Å². The third-order valence-corrected chi connectivity index (χ3v) is 4.01. The lowest BCUT2D eigenvalue weighted by Crippen LogP contribution is -2.12. The van der Waals surface area contributed by atoms with Crippen LogP contribution >= 0.6 is 15.9 Å². The Bertz CT molecular complexity index is 498. The second kappa shape index (κ2) is 4.44. The fourth-order valence-electron chi connectivity index (χ4n) is 1.47. The SMILES string of the molecule is CCS(=O)(=O)OC1OCc2cc(Br)ccc21. The van der Waals surface area contributed by atoms with Crippen LogP contribution in [0.25, 0.3) is 0 Å². The van der Waals surface area contributed by atoms with E-state index in [4.69, 9.17) is 8.92 Å². The van der Waals surface area contributed by atoms with Crippen LogP contribution in [0, 0.1) is 0 Å². The van der Waals surface area contributed by atoms with Crippen LogP contribution in [0.15, 0.2) is 22.7 Å². The van der Waals surface area contributed by atoms with Gasteiger partial charge in [0.2, 0.25) is 6.29 Å². The van der Waals surface area contributed by atoms with Gasteiger partial charge in [-0.2, -0.15) is 8.42 Å². The summed E-state index contributed by atoms with van der Waals surface area (Å²) in [6, 6.07) is 5.54. The van der Waals surface area contributed by atoms with Crippen LogP contribution in [0.4, 0.5) is 0 Å². The van der Waals surface area contributed by atoms with Crippen molar-refractivity contribution in [2.45, 2.75) is 19.8 Å². The summed E-state index contributed by atoms with van der Waals surface area (Å²) in [5.41, 5.74) is 1.73. The van der Waals surface area contributed by atoms with E-state index in [1.165, 1.54) is 6.92 Å². The minimum Gasteiger partial charge on any atom is -0.343 e. The van der Waals surface area contributed by atoms with Gasteiger partial charge in [0.1, 0.15) is 0 Å². The molecular formula is C10H11BrO4S. The van der Waals surface area contributed by atoms with Crippen molar-refractivity contribution in [3.8, 4) is 0 Å². The van der Waals surface area contributed by atoms with Crippen molar-refractivity contribution >= 4 is 26.0 Å². The van der Waals surface area contributed by atoms with Crippen LogP contribution in [0.1, 0.15) is 24.3 Å². The van der Waals surface area contributed by atoms with Gasteiger partial charge in [0.15, 0.2) is 0 Å². The minimum absolute atomic E-state index is 0.0568. The Balaban J connectivity index is 2.24. The number of benzene rings is 1. The fourth-order valence-corrected chi connectivity index (χ4v) is 2.44. The van der Waals surface area contributed by atoms with Crippen molar-refractivity contribution in [2.24, 2.45) is 0 Å². The smallest absolute Gasteiger partial charge is 0.269 e. The Labute approximate surface area is 103 Å². The number of hydrogen-bond acceptors (Lipinski definition) is 4. The van der Waals surface area contributed by atoms with Crippen molar-refractivity contribution < 1.29 is 17.3 Å². The van der Waals surface area contributed by atoms with Crippen molar-refractivity contribution in [1.29, 1.82) is 0 Å². The van der Waals surface area contributed by atoms with E-state index in [1.54, 1.807) is 0 Å². The van der Waals surface area contributed by atoms with Gasteiger partial charge in [-0.05, 0) is 24.6 Å². The summed E-state index contributed by atoms with van der Waals surface area (Å²) in [5, 5.41) is 0. The number of rotatable bonds is 3. The molecule has 0 saturated carbocycles. The Kier molecular flexibility index (Phi) is 3.34. The van der Waals surface area contributed by atoms with Crippen molar-refractivity contribution in [3.63, 3.8) is 0 Å². The Morgan fingerprint density at radius 1 is 1.56 bits per heavy atom. The van der Waals surface area contributed by atoms with Crippen LogP contribution in [-0.4, -0.2) is 14.2 Å². The zero-order valence-corrected chi connectivity index (χ0v) is 11.0. The van der Waals surface area contributed by atoms with Crippen molar-refractivity contribution in [3.05, 3.63) is 33.8 Å². The van der Waals surface area contributed by atoms with Gasteiger partial charge in [-0.25, -0.2) is 4.18 Å². The molecule has 0 saturated heterocycles. The maximum atomic E-state index is 11.3. The highest BCUT2D eigenvalue weighted by Gasteiger charge is 2.28. The van der Waals surface area contributed by atoms with E-state index in [0.29, 0.717) is 6.61 Å². The molecule has 6 heteroatoms. The number of halogens is 1. The molecule has 1 aliphatic heterocycles. The molecular weight excluding hydrogens is 296 g/mol. The van der Waals surface area contributed by atoms with Crippen LogP contribution < -0.4 is 0 Å². The molecule has 16 heavy (non-hydrogen) atoms. The number of ether oxygens (including phenoxy) is 1. The maximum Gasteiger partial charge on any atom is 0.269 e. The van der Waals surface area contributed by atoms with Gasteiger partial charge in [0.25, 0.3) is 10.1 Å². The molecule has 1 aromatic rings. The van der Waals surface area contributed by atoms with Gasteiger partial charge in [0, 0.05) is 10.0 Å². The van der Waals surface area contributed by atoms with Gasteiger partial charge in [-0.15, -0.1) is 0 Å². The predicted molar refractivity (Wildman–Crippen MR) is 62.2 cm³/mol. The Morgan fingerprint density at radius 3 is 3.00 bits per heavy atom. The first-order chi connectivity index (χ1) is 7.52. The van der Waals surface area contributed by atoms with E-state index >= 15 is 0 Å². The lowest BCUT2D eigenvalue weighted by molar-refractivity contribution is -0.0684. The summed E-state index contributed by atoms with van der Waals surface area (Å²) in [5.74, 6) is -0.0568. The molecule has 0 bridgehead atoms. The lowest BCUT2D eigenvalue weighted by atomic mass is 10.1. The summed E-state index contributed by atoms with van der Waals surface area (Å²) in [6.07, 6.45) is -0.798. The molecule has 0 aromatic heterocycles. The zero-order valence-electron chi connectivity index (χ0n) is 8.64. The molecule has 1 aliphatic rings. The molecule has 1 atom stereocenters. The molecule has 4 nitrogen and oxygen atoms in total. The molecule has 0 aliphatic carbocycles. The van der Waals surface area contributed by atoms with Crippen molar-refractivity contribution in [2.75, 3.05) is 5.75 Å². The zero-order chi connectivity index (χ0) is 11.8. The maximum absolute atomic E-state index is 11.3. The Hall–Kier alpha value is -0.430. The first-order valence-corrected chi connectivity index (χ1v) is 7.20.